The zero-order valence-electron chi connectivity index (χ0n) is 12.2. The number of sulfonamides is 1. The summed E-state index contributed by atoms with van der Waals surface area (Å²) in [6.45, 7) is 6.19. The zero-order valence-corrected chi connectivity index (χ0v) is 13.0. The Morgan fingerprint density at radius 2 is 2.05 bits per heavy atom. The maximum atomic E-state index is 12.5. The molecule has 0 aromatic heterocycles. The molecule has 1 aromatic rings. The van der Waals surface area contributed by atoms with E-state index in [1.165, 1.54) is 0 Å². The predicted molar refractivity (Wildman–Crippen MR) is 78.2 cm³/mol. The molecule has 6 heteroatoms. The predicted octanol–water partition coefficient (Wildman–Crippen LogP) is 0.992. The van der Waals surface area contributed by atoms with E-state index in [1.54, 1.807) is 32.2 Å². The Kier molecular flexibility index (Phi) is 4.80. The van der Waals surface area contributed by atoms with Crippen LogP contribution in [0, 0.1) is 6.92 Å². The molecule has 0 bridgehead atoms. The van der Waals surface area contributed by atoms with Gasteiger partial charge in [-0.2, -0.15) is 0 Å². The third kappa shape index (κ3) is 3.20. The Morgan fingerprint density at radius 1 is 1.35 bits per heavy atom. The molecule has 0 unspecified atom stereocenters. The van der Waals surface area contributed by atoms with Gasteiger partial charge < -0.3 is 4.74 Å². The van der Waals surface area contributed by atoms with Crippen molar-refractivity contribution in [1.29, 1.82) is 0 Å². The number of rotatable bonds is 5. The van der Waals surface area contributed by atoms with Crippen molar-refractivity contribution in [3.8, 4) is 0 Å². The fraction of sp³-hybridized carbons (Fsp3) is 0.571. The number of benzene rings is 1. The highest BCUT2D eigenvalue weighted by atomic mass is 32.2. The van der Waals surface area contributed by atoms with Crippen LogP contribution in [0.2, 0.25) is 0 Å². The highest BCUT2D eigenvalue weighted by Gasteiger charge is 2.35. The van der Waals surface area contributed by atoms with E-state index in [-0.39, 0.29) is 12.1 Å². The van der Waals surface area contributed by atoms with Crippen molar-refractivity contribution in [3.63, 3.8) is 0 Å². The number of likely N-dealkylation sites (tertiary alicyclic amines) is 1. The smallest absolute Gasteiger partial charge is 0.241 e. The van der Waals surface area contributed by atoms with E-state index < -0.39 is 10.0 Å². The first-order chi connectivity index (χ1) is 9.47. The van der Waals surface area contributed by atoms with E-state index in [4.69, 9.17) is 4.74 Å². The van der Waals surface area contributed by atoms with Gasteiger partial charge in [0.2, 0.25) is 10.0 Å². The van der Waals surface area contributed by atoms with E-state index in [1.807, 2.05) is 6.07 Å². The molecule has 0 radical (unpaired) electrons. The van der Waals surface area contributed by atoms with E-state index >= 15 is 0 Å². The first kappa shape index (κ1) is 15.4. The van der Waals surface area contributed by atoms with Gasteiger partial charge in [0.05, 0.1) is 17.0 Å². The Hall–Kier alpha value is -0.950. The number of nitrogens with zero attached hydrogens (tertiary/aromatic N) is 1. The van der Waals surface area contributed by atoms with Crippen LogP contribution in [0.15, 0.2) is 29.2 Å². The number of likely N-dealkylation sites (N-methyl/N-ethyl adjacent to an activating group) is 1. The summed E-state index contributed by atoms with van der Waals surface area (Å²) in [7, 11) is -1.88. The molecule has 20 heavy (non-hydrogen) atoms. The van der Waals surface area contributed by atoms with Crippen LogP contribution in [0.4, 0.5) is 0 Å². The summed E-state index contributed by atoms with van der Waals surface area (Å²) >= 11 is 0. The lowest BCUT2D eigenvalue weighted by atomic mass is 10.2. The maximum Gasteiger partial charge on any atom is 0.241 e. The number of hydrogen-bond donors (Lipinski definition) is 1. The molecule has 1 fully saturated rings. The van der Waals surface area contributed by atoms with Crippen molar-refractivity contribution in [2.24, 2.45) is 0 Å². The van der Waals surface area contributed by atoms with Crippen LogP contribution in [0.5, 0.6) is 0 Å². The Bertz CT molecular complexity index is 559. The Labute approximate surface area is 121 Å². The molecule has 0 amide bonds. The van der Waals surface area contributed by atoms with Crippen molar-refractivity contribution in [1.82, 2.24) is 9.62 Å². The van der Waals surface area contributed by atoms with E-state index in [0.717, 1.165) is 18.7 Å². The molecule has 1 aliphatic heterocycles. The minimum absolute atomic E-state index is 0.103. The van der Waals surface area contributed by atoms with Gasteiger partial charge in [0.1, 0.15) is 0 Å². The largest absolute Gasteiger partial charge is 0.378 e. The second kappa shape index (κ2) is 6.22. The van der Waals surface area contributed by atoms with Crippen LogP contribution in [0.25, 0.3) is 0 Å². The van der Waals surface area contributed by atoms with Crippen LogP contribution >= 0.6 is 0 Å². The molecule has 2 rings (SSSR count). The van der Waals surface area contributed by atoms with Crippen LogP contribution in [-0.2, 0) is 14.8 Å². The molecular weight excluding hydrogens is 276 g/mol. The van der Waals surface area contributed by atoms with Gasteiger partial charge in [0, 0.05) is 20.2 Å². The first-order valence-corrected chi connectivity index (χ1v) is 8.29. The quantitative estimate of drug-likeness (QED) is 0.881. The molecule has 0 spiro atoms. The molecule has 2 atom stereocenters. The van der Waals surface area contributed by atoms with Gasteiger partial charge >= 0.3 is 0 Å². The van der Waals surface area contributed by atoms with Gasteiger partial charge in [-0.05, 0) is 25.1 Å². The topological polar surface area (TPSA) is 58.6 Å². The Morgan fingerprint density at radius 3 is 2.65 bits per heavy atom. The lowest BCUT2D eigenvalue weighted by Crippen LogP contribution is -2.43. The van der Waals surface area contributed by atoms with Crippen molar-refractivity contribution in [2.75, 3.05) is 26.7 Å². The average Bonchev–Trinajstić information content (AvgIpc) is 2.80. The summed E-state index contributed by atoms with van der Waals surface area (Å²) in [5, 5.41) is 0. The second-order valence-corrected chi connectivity index (χ2v) is 6.80. The monoisotopic (exact) mass is 298 g/mol. The number of ether oxygens (including phenoxy) is 1. The first-order valence-electron chi connectivity index (χ1n) is 6.81. The van der Waals surface area contributed by atoms with Gasteiger partial charge in [-0.25, -0.2) is 13.1 Å². The van der Waals surface area contributed by atoms with Crippen LogP contribution in [0.3, 0.4) is 0 Å². The van der Waals surface area contributed by atoms with Crippen LogP contribution < -0.4 is 4.72 Å². The van der Waals surface area contributed by atoms with Gasteiger partial charge in [-0.15, -0.1) is 0 Å². The SMILES string of the molecule is CCN1C[C@H](NS(=O)(=O)c2ccccc2C)[C@@H](OC)C1. The number of methoxy groups -OCH3 is 1. The van der Waals surface area contributed by atoms with Gasteiger partial charge in [0.25, 0.3) is 0 Å². The molecule has 1 aromatic carbocycles. The summed E-state index contributed by atoms with van der Waals surface area (Å²) in [6.07, 6.45) is -0.103. The summed E-state index contributed by atoms with van der Waals surface area (Å²) in [5.74, 6) is 0. The molecule has 5 nitrogen and oxygen atoms in total. The standard InChI is InChI=1S/C14H22N2O3S/c1-4-16-9-12(13(10-16)19-3)15-20(17,18)14-8-6-5-7-11(14)2/h5-8,12-13,15H,4,9-10H2,1-3H3/t12-,13-/m0/s1. The summed E-state index contributed by atoms with van der Waals surface area (Å²) in [6, 6.07) is 6.80. The highest BCUT2D eigenvalue weighted by molar-refractivity contribution is 7.89. The molecule has 1 N–H and O–H groups in total. The van der Waals surface area contributed by atoms with E-state index in [0.29, 0.717) is 11.4 Å². The average molecular weight is 298 g/mol. The Balaban J connectivity index is 2.18. The van der Waals surface area contributed by atoms with E-state index in [2.05, 4.69) is 16.5 Å². The number of aryl methyl sites for hydroxylation is 1. The lowest BCUT2D eigenvalue weighted by Gasteiger charge is -2.19. The third-order valence-electron chi connectivity index (χ3n) is 3.78. The minimum Gasteiger partial charge on any atom is -0.378 e. The summed E-state index contributed by atoms with van der Waals surface area (Å²) in [4.78, 5) is 2.52. The fourth-order valence-corrected chi connectivity index (χ4v) is 4.08. The van der Waals surface area contributed by atoms with Crippen LogP contribution in [0.1, 0.15) is 12.5 Å². The summed E-state index contributed by atoms with van der Waals surface area (Å²) in [5.41, 5.74) is 0.749. The van der Waals surface area contributed by atoms with Crippen molar-refractivity contribution < 1.29 is 13.2 Å². The molecule has 1 heterocycles. The van der Waals surface area contributed by atoms with Crippen LogP contribution in [-0.4, -0.2) is 52.2 Å². The van der Waals surface area contributed by atoms with Gasteiger partial charge in [-0.1, -0.05) is 25.1 Å². The van der Waals surface area contributed by atoms with E-state index in [9.17, 15) is 8.42 Å². The van der Waals surface area contributed by atoms with Crippen molar-refractivity contribution in [2.45, 2.75) is 30.9 Å². The summed E-state index contributed by atoms with van der Waals surface area (Å²) < 4.78 is 33.1. The molecule has 0 saturated carbocycles. The number of hydrogen-bond acceptors (Lipinski definition) is 4. The fourth-order valence-electron chi connectivity index (χ4n) is 2.58. The minimum atomic E-state index is -3.51. The zero-order chi connectivity index (χ0) is 14.8. The normalized spacial score (nSPS) is 24.1. The molecular formula is C14H22N2O3S. The lowest BCUT2D eigenvalue weighted by molar-refractivity contribution is 0.0954. The number of nitrogens with one attached hydrogen (secondary N) is 1. The molecule has 0 aliphatic carbocycles. The highest BCUT2D eigenvalue weighted by Crippen LogP contribution is 2.18. The molecule has 112 valence electrons. The van der Waals surface area contributed by atoms with Gasteiger partial charge in [0.15, 0.2) is 0 Å². The van der Waals surface area contributed by atoms with Crippen molar-refractivity contribution in [3.05, 3.63) is 29.8 Å². The second-order valence-electron chi connectivity index (χ2n) is 5.12. The molecule has 1 saturated heterocycles. The van der Waals surface area contributed by atoms with Gasteiger partial charge in [-0.3, -0.25) is 4.90 Å². The maximum absolute atomic E-state index is 12.5. The molecule has 1 aliphatic rings. The van der Waals surface area contributed by atoms with Crippen molar-refractivity contribution >= 4 is 10.0 Å². The third-order valence-corrected chi connectivity index (χ3v) is 5.43.